The van der Waals surface area contributed by atoms with E-state index in [4.69, 9.17) is 4.74 Å². The van der Waals surface area contributed by atoms with Crippen molar-refractivity contribution in [2.45, 2.75) is 25.9 Å². The Morgan fingerprint density at radius 1 is 1.00 bits per heavy atom. The van der Waals surface area contributed by atoms with E-state index in [1.165, 1.54) is 0 Å². The van der Waals surface area contributed by atoms with Crippen LogP contribution >= 0.6 is 0 Å². The van der Waals surface area contributed by atoms with Gasteiger partial charge in [0.15, 0.2) is 0 Å². The minimum atomic E-state index is -0.221. The number of fused-ring (bicyclic) bond motifs is 1. The zero-order valence-corrected chi connectivity index (χ0v) is 13.9. The van der Waals surface area contributed by atoms with Crippen LogP contribution in [-0.2, 0) is 0 Å². The standard InChI is InChI=1S/C19H20N2O3/c1-11-12(2)24-17-15(11)5-4-6-16(17)19(23)21-14-9-7-13(8-10-14)18(22)20-3/h4-12H,1-3H3,(H,20,22)(H,21,23)/t11-,12+/m0/s1. The van der Waals surface area contributed by atoms with E-state index in [1.807, 2.05) is 19.1 Å². The minimum absolute atomic E-state index is 0.0563. The molecule has 0 unspecified atom stereocenters. The molecule has 1 heterocycles. The Morgan fingerprint density at radius 2 is 1.71 bits per heavy atom. The van der Waals surface area contributed by atoms with Crippen molar-refractivity contribution in [1.82, 2.24) is 5.32 Å². The van der Waals surface area contributed by atoms with Crippen LogP contribution in [0.15, 0.2) is 42.5 Å². The predicted molar refractivity (Wildman–Crippen MR) is 92.7 cm³/mol. The number of rotatable bonds is 3. The van der Waals surface area contributed by atoms with Crippen molar-refractivity contribution < 1.29 is 14.3 Å². The normalized spacial score (nSPS) is 18.5. The molecule has 1 aliphatic heterocycles. The SMILES string of the molecule is CNC(=O)c1ccc(NC(=O)c2cccc3c2O[C@H](C)[C@@H]3C)cc1. The fraction of sp³-hybridized carbons (Fsp3) is 0.263. The Balaban J connectivity index is 1.81. The lowest BCUT2D eigenvalue weighted by Crippen LogP contribution is -2.18. The van der Waals surface area contributed by atoms with Crippen LogP contribution in [0, 0.1) is 0 Å². The third kappa shape index (κ3) is 2.85. The molecule has 0 aromatic heterocycles. The maximum atomic E-state index is 12.6. The van der Waals surface area contributed by atoms with Gasteiger partial charge in [0.25, 0.3) is 11.8 Å². The van der Waals surface area contributed by atoms with Gasteiger partial charge in [-0.2, -0.15) is 0 Å². The Kier molecular flexibility index (Phi) is 4.25. The molecule has 0 saturated carbocycles. The van der Waals surface area contributed by atoms with Gasteiger partial charge in [-0.05, 0) is 37.3 Å². The molecule has 0 saturated heterocycles. The zero-order chi connectivity index (χ0) is 17.3. The fourth-order valence-electron chi connectivity index (χ4n) is 2.81. The first kappa shape index (κ1) is 16.1. The molecule has 0 radical (unpaired) electrons. The largest absolute Gasteiger partial charge is 0.489 e. The molecule has 0 aliphatic carbocycles. The average Bonchev–Trinajstić information content (AvgIpc) is 2.89. The lowest BCUT2D eigenvalue weighted by atomic mass is 9.97. The molecule has 0 fully saturated rings. The first-order valence-corrected chi connectivity index (χ1v) is 7.94. The minimum Gasteiger partial charge on any atom is -0.489 e. The quantitative estimate of drug-likeness (QED) is 0.911. The van der Waals surface area contributed by atoms with Gasteiger partial charge in [-0.1, -0.05) is 19.1 Å². The Hall–Kier alpha value is -2.82. The third-order valence-electron chi connectivity index (χ3n) is 4.42. The van der Waals surface area contributed by atoms with E-state index in [9.17, 15) is 9.59 Å². The maximum absolute atomic E-state index is 12.6. The fourth-order valence-corrected chi connectivity index (χ4v) is 2.81. The molecule has 2 N–H and O–H groups in total. The molecule has 2 aromatic carbocycles. The van der Waals surface area contributed by atoms with Crippen LogP contribution < -0.4 is 15.4 Å². The van der Waals surface area contributed by atoms with E-state index in [1.54, 1.807) is 37.4 Å². The highest BCUT2D eigenvalue weighted by Gasteiger charge is 2.31. The summed E-state index contributed by atoms with van der Waals surface area (Å²) in [5.41, 5.74) is 2.76. The molecule has 0 spiro atoms. The molecule has 2 aromatic rings. The monoisotopic (exact) mass is 324 g/mol. The van der Waals surface area contributed by atoms with Crippen molar-refractivity contribution in [1.29, 1.82) is 0 Å². The highest BCUT2D eigenvalue weighted by molar-refractivity contribution is 6.07. The van der Waals surface area contributed by atoms with Gasteiger partial charge in [-0.25, -0.2) is 0 Å². The van der Waals surface area contributed by atoms with Gasteiger partial charge in [-0.15, -0.1) is 0 Å². The lowest BCUT2D eigenvalue weighted by molar-refractivity contribution is 0.0962. The summed E-state index contributed by atoms with van der Waals surface area (Å²) in [4.78, 5) is 24.1. The second kappa shape index (κ2) is 6.35. The lowest BCUT2D eigenvalue weighted by Gasteiger charge is -2.10. The summed E-state index contributed by atoms with van der Waals surface area (Å²) in [5, 5.41) is 5.41. The second-order valence-electron chi connectivity index (χ2n) is 5.95. The number of carbonyl (C=O) groups excluding carboxylic acids is 2. The van der Waals surface area contributed by atoms with Crippen LogP contribution in [0.4, 0.5) is 5.69 Å². The number of carbonyl (C=O) groups is 2. The van der Waals surface area contributed by atoms with Gasteiger partial charge in [0, 0.05) is 29.8 Å². The number of nitrogens with one attached hydrogen (secondary N) is 2. The number of anilines is 1. The molecule has 2 amide bonds. The van der Waals surface area contributed by atoms with E-state index in [0.29, 0.717) is 22.6 Å². The van der Waals surface area contributed by atoms with Gasteiger partial charge >= 0.3 is 0 Å². The summed E-state index contributed by atoms with van der Waals surface area (Å²) in [6.07, 6.45) is 0.0563. The van der Waals surface area contributed by atoms with Gasteiger partial charge in [-0.3, -0.25) is 9.59 Å². The molecular formula is C19H20N2O3. The predicted octanol–water partition coefficient (Wildman–Crippen LogP) is 3.18. The van der Waals surface area contributed by atoms with Crippen LogP contribution in [0.25, 0.3) is 0 Å². The second-order valence-corrected chi connectivity index (χ2v) is 5.95. The van der Waals surface area contributed by atoms with Crippen LogP contribution in [0.5, 0.6) is 5.75 Å². The summed E-state index contributed by atoms with van der Waals surface area (Å²) in [5.74, 6) is 0.544. The van der Waals surface area contributed by atoms with Gasteiger partial charge in [0.05, 0.1) is 5.56 Å². The van der Waals surface area contributed by atoms with Crippen LogP contribution in [0.1, 0.15) is 46.0 Å². The summed E-state index contributed by atoms with van der Waals surface area (Å²) in [7, 11) is 1.58. The van der Waals surface area contributed by atoms with Crippen molar-refractivity contribution >= 4 is 17.5 Å². The molecule has 3 rings (SSSR count). The van der Waals surface area contributed by atoms with Crippen molar-refractivity contribution in [2.24, 2.45) is 0 Å². The third-order valence-corrected chi connectivity index (χ3v) is 4.42. The number of hydrogen-bond acceptors (Lipinski definition) is 3. The van der Waals surface area contributed by atoms with Crippen molar-refractivity contribution in [2.75, 3.05) is 12.4 Å². The van der Waals surface area contributed by atoms with Crippen LogP contribution in [0.3, 0.4) is 0 Å². The number of para-hydroxylation sites is 1. The molecule has 0 bridgehead atoms. The Bertz CT molecular complexity index is 784. The van der Waals surface area contributed by atoms with Gasteiger partial charge in [0.1, 0.15) is 11.9 Å². The number of hydrogen-bond donors (Lipinski definition) is 2. The van der Waals surface area contributed by atoms with Crippen LogP contribution in [-0.4, -0.2) is 25.0 Å². The van der Waals surface area contributed by atoms with Crippen molar-refractivity contribution in [3.63, 3.8) is 0 Å². The smallest absolute Gasteiger partial charge is 0.259 e. The number of benzene rings is 2. The van der Waals surface area contributed by atoms with Crippen LogP contribution in [0.2, 0.25) is 0 Å². The summed E-state index contributed by atoms with van der Waals surface area (Å²) in [6.45, 7) is 4.10. The van der Waals surface area contributed by atoms with Crippen molar-refractivity contribution in [3.8, 4) is 5.75 Å². The van der Waals surface area contributed by atoms with E-state index in [-0.39, 0.29) is 23.8 Å². The molecule has 1 aliphatic rings. The Labute approximate surface area is 141 Å². The van der Waals surface area contributed by atoms with Gasteiger partial charge in [0.2, 0.25) is 0 Å². The Morgan fingerprint density at radius 3 is 2.38 bits per heavy atom. The zero-order valence-electron chi connectivity index (χ0n) is 13.9. The number of ether oxygens (including phenoxy) is 1. The number of amides is 2. The summed E-state index contributed by atoms with van der Waals surface area (Å²) >= 11 is 0. The molecule has 2 atom stereocenters. The van der Waals surface area contributed by atoms with E-state index < -0.39 is 0 Å². The topological polar surface area (TPSA) is 67.4 Å². The van der Waals surface area contributed by atoms with Crippen molar-refractivity contribution in [3.05, 3.63) is 59.2 Å². The molecular weight excluding hydrogens is 304 g/mol. The average molecular weight is 324 g/mol. The highest BCUT2D eigenvalue weighted by atomic mass is 16.5. The summed E-state index contributed by atoms with van der Waals surface area (Å²) in [6, 6.07) is 12.4. The molecule has 5 nitrogen and oxygen atoms in total. The first-order chi connectivity index (χ1) is 11.5. The molecule has 124 valence electrons. The maximum Gasteiger partial charge on any atom is 0.259 e. The molecule has 24 heavy (non-hydrogen) atoms. The summed E-state index contributed by atoms with van der Waals surface area (Å²) < 4.78 is 5.86. The first-order valence-electron chi connectivity index (χ1n) is 7.94. The van der Waals surface area contributed by atoms with Gasteiger partial charge < -0.3 is 15.4 Å². The van der Waals surface area contributed by atoms with E-state index in [0.717, 1.165) is 5.56 Å². The highest BCUT2D eigenvalue weighted by Crippen LogP contribution is 2.40. The molecule has 5 heteroatoms. The van der Waals surface area contributed by atoms with E-state index in [2.05, 4.69) is 17.6 Å². The van der Waals surface area contributed by atoms with E-state index >= 15 is 0 Å².